The van der Waals surface area contributed by atoms with Gasteiger partial charge in [0.1, 0.15) is 10.5 Å². The van der Waals surface area contributed by atoms with E-state index in [0.29, 0.717) is 17.9 Å². The molecule has 0 saturated heterocycles. The average Bonchev–Trinajstić information content (AvgIpc) is 2.18. The lowest BCUT2D eigenvalue weighted by Crippen LogP contribution is -2.39. The van der Waals surface area contributed by atoms with Crippen LogP contribution in [0.15, 0.2) is 29.2 Å². The Hall–Kier alpha value is -0.980. The third-order valence-electron chi connectivity index (χ3n) is 2.31. The van der Waals surface area contributed by atoms with Crippen molar-refractivity contribution < 1.29 is 4.79 Å². The lowest BCUT2D eigenvalue weighted by molar-refractivity contribution is -0.124. The molecular formula is C11H8ClNOS. The van der Waals surface area contributed by atoms with Crippen molar-refractivity contribution in [2.45, 2.75) is 22.5 Å². The van der Waals surface area contributed by atoms with Gasteiger partial charge in [-0.1, -0.05) is 23.7 Å². The number of halogens is 1. The normalized spacial score (nSPS) is 18.0. The molecule has 0 radical (unpaired) electrons. The summed E-state index contributed by atoms with van der Waals surface area (Å²) in [5.41, 5.74) is 0. The summed E-state index contributed by atoms with van der Waals surface area (Å²) in [6, 6.07) is 9.58. The molecular weight excluding hydrogens is 230 g/mol. The SMILES string of the molecule is N#CC1(Sc2ccccc2Cl)CC(=O)C1. The summed E-state index contributed by atoms with van der Waals surface area (Å²) in [6.45, 7) is 0. The largest absolute Gasteiger partial charge is 0.300 e. The molecule has 1 saturated carbocycles. The Balaban J connectivity index is 2.19. The van der Waals surface area contributed by atoms with Gasteiger partial charge < -0.3 is 0 Å². The summed E-state index contributed by atoms with van der Waals surface area (Å²) >= 11 is 7.38. The molecule has 2 nitrogen and oxygen atoms in total. The van der Waals surface area contributed by atoms with E-state index in [9.17, 15) is 4.79 Å². The van der Waals surface area contributed by atoms with Crippen molar-refractivity contribution >= 4 is 29.1 Å². The van der Waals surface area contributed by atoms with Crippen molar-refractivity contribution in [3.05, 3.63) is 29.3 Å². The fourth-order valence-electron chi connectivity index (χ4n) is 1.50. The first-order valence-corrected chi connectivity index (χ1v) is 5.71. The molecule has 0 aromatic heterocycles. The van der Waals surface area contributed by atoms with Crippen LogP contribution in [-0.4, -0.2) is 10.5 Å². The monoisotopic (exact) mass is 237 g/mol. The van der Waals surface area contributed by atoms with Gasteiger partial charge in [-0.3, -0.25) is 4.79 Å². The number of carbonyl (C=O) groups is 1. The Morgan fingerprint density at radius 2 is 2.07 bits per heavy atom. The second-order valence-electron chi connectivity index (χ2n) is 3.53. The molecule has 0 aliphatic heterocycles. The molecule has 1 fully saturated rings. The maximum atomic E-state index is 11.0. The summed E-state index contributed by atoms with van der Waals surface area (Å²) < 4.78 is -0.581. The number of ketones is 1. The molecule has 2 rings (SSSR count). The Labute approximate surface area is 97.2 Å². The minimum absolute atomic E-state index is 0.149. The second kappa shape index (κ2) is 3.88. The molecule has 76 valence electrons. The smallest absolute Gasteiger partial charge is 0.137 e. The van der Waals surface area contributed by atoms with E-state index in [0.717, 1.165) is 4.90 Å². The van der Waals surface area contributed by atoms with Crippen LogP contribution < -0.4 is 0 Å². The number of carbonyl (C=O) groups excluding carboxylic acids is 1. The van der Waals surface area contributed by atoms with Crippen LogP contribution in [-0.2, 0) is 4.79 Å². The van der Waals surface area contributed by atoms with Gasteiger partial charge in [0.15, 0.2) is 0 Å². The Bertz CT molecular complexity index is 444. The van der Waals surface area contributed by atoms with Gasteiger partial charge in [-0.2, -0.15) is 5.26 Å². The van der Waals surface area contributed by atoms with Gasteiger partial charge in [0.2, 0.25) is 0 Å². The third kappa shape index (κ3) is 2.01. The molecule has 0 unspecified atom stereocenters. The van der Waals surface area contributed by atoms with E-state index in [1.807, 2.05) is 18.2 Å². The minimum Gasteiger partial charge on any atom is -0.300 e. The maximum absolute atomic E-state index is 11.0. The van der Waals surface area contributed by atoms with Crippen molar-refractivity contribution in [1.82, 2.24) is 0 Å². The number of nitriles is 1. The van der Waals surface area contributed by atoms with Crippen LogP contribution in [0.1, 0.15) is 12.8 Å². The Morgan fingerprint density at radius 3 is 2.60 bits per heavy atom. The third-order valence-corrected chi connectivity index (χ3v) is 4.10. The minimum atomic E-state index is -0.581. The quantitative estimate of drug-likeness (QED) is 0.794. The molecule has 15 heavy (non-hydrogen) atoms. The molecule has 1 aromatic carbocycles. The van der Waals surface area contributed by atoms with E-state index >= 15 is 0 Å². The van der Waals surface area contributed by atoms with Crippen molar-refractivity contribution in [1.29, 1.82) is 5.26 Å². The zero-order chi connectivity index (χ0) is 10.9. The van der Waals surface area contributed by atoms with E-state index in [4.69, 9.17) is 16.9 Å². The standard InChI is InChI=1S/C11H8ClNOS/c12-9-3-1-2-4-10(9)15-11(7-13)5-8(14)6-11/h1-4H,5-6H2. The van der Waals surface area contributed by atoms with Crippen molar-refractivity contribution in [2.24, 2.45) is 0 Å². The molecule has 4 heteroatoms. The molecule has 1 aliphatic carbocycles. The number of thioether (sulfide) groups is 1. The first kappa shape index (κ1) is 10.5. The van der Waals surface area contributed by atoms with Crippen LogP contribution in [0.2, 0.25) is 5.02 Å². The summed E-state index contributed by atoms with van der Waals surface area (Å²) in [6.07, 6.45) is 0.665. The van der Waals surface area contributed by atoms with Crippen LogP contribution in [0.5, 0.6) is 0 Å². The fourth-order valence-corrected chi connectivity index (χ4v) is 2.99. The highest BCUT2D eigenvalue weighted by Gasteiger charge is 2.45. The highest BCUT2D eigenvalue weighted by molar-refractivity contribution is 8.01. The van der Waals surface area contributed by atoms with Crippen LogP contribution >= 0.6 is 23.4 Å². The van der Waals surface area contributed by atoms with Crippen molar-refractivity contribution in [3.63, 3.8) is 0 Å². The first-order chi connectivity index (χ1) is 7.15. The predicted octanol–water partition coefficient (Wildman–Crippen LogP) is 3.06. The number of hydrogen-bond acceptors (Lipinski definition) is 3. The van der Waals surface area contributed by atoms with Gasteiger partial charge >= 0.3 is 0 Å². The van der Waals surface area contributed by atoms with Gasteiger partial charge in [0, 0.05) is 17.7 Å². The lowest BCUT2D eigenvalue weighted by Gasteiger charge is -2.32. The van der Waals surface area contributed by atoms with Gasteiger partial charge in [0.25, 0.3) is 0 Å². The molecule has 0 bridgehead atoms. The van der Waals surface area contributed by atoms with E-state index in [2.05, 4.69) is 6.07 Å². The van der Waals surface area contributed by atoms with Gasteiger partial charge in [-0.25, -0.2) is 0 Å². The number of rotatable bonds is 2. The van der Waals surface area contributed by atoms with Gasteiger partial charge in [-0.05, 0) is 12.1 Å². The van der Waals surface area contributed by atoms with Crippen molar-refractivity contribution in [2.75, 3.05) is 0 Å². The van der Waals surface area contributed by atoms with Crippen molar-refractivity contribution in [3.8, 4) is 6.07 Å². The van der Waals surface area contributed by atoms with E-state index in [1.54, 1.807) is 6.07 Å². The van der Waals surface area contributed by atoms with E-state index in [-0.39, 0.29) is 5.78 Å². The van der Waals surface area contributed by atoms with Gasteiger partial charge in [-0.15, -0.1) is 11.8 Å². The fraction of sp³-hybridized carbons (Fsp3) is 0.273. The average molecular weight is 238 g/mol. The van der Waals surface area contributed by atoms with Crippen LogP contribution in [0.3, 0.4) is 0 Å². The molecule has 1 aliphatic rings. The summed E-state index contributed by atoms with van der Waals surface area (Å²) in [4.78, 5) is 11.8. The molecule has 0 N–H and O–H groups in total. The highest BCUT2D eigenvalue weighted by Crippen LogP contribution is 2.46. The van der Waals surface area contributed by atoms with E-state index < -0.39 is 4.75 Å². The molecule has 0 heterocycles. The van der Waals surface area contributed by atoms with Crippen LogP contribution in [0.4, 0.5) is 0 Å². The number of hydrogen-bond donors (Lipinski definition) is 0. The zero-order valence-corrected chi connectivity index (χ0v) is 9.44. The molecule has 0 spiro atoms. The maximum Gasteiger partial charge on any atom is 0.137 e. The lowest BCUT2D eigenvalue weighted by atomic mass is 9.84. The molecule has 0 atom stereocenters. The first-order valence-electron chi connectivity index (χ1n) is 4.52. The number of benzene rings is 1. The van der Waals surface area contributed by atoms with Crippen LogP contribution in [0, 0.1) is 11.3 Å². The van der Waals surface area contributed by atoms with E-state index in [1.165, 1.54) is 11.8 Å². The molecule has 1 aromatic rings. The summed E-state index contributed by atoms with van der Waals surface area (Å²) in [5, 5.41) is 9.68. The predicted molar refractivity (Wildman–Crippen MR) is 59.9 cm³/mol. The zero-order valence-electron chi connectivity index (χ0n) is 7.87. The summed E-state index contributed by atoms with van der Waals surface area (Å²) in [7, 11) is 0. The number of nitrogens with zero attached hydrogens (tertiary/aromatic N) is 1. The Kier molecular flexibility index (Phi) is 2.72. The highest BCUT2D eigenvalue weighted by atomic mass is 35.5. The Morgan fingerprint density at radius 1 is 1.40 bits per heavy atom. The summed E-state index contributed by atoms with van der Waals surface area (Å²) in [5.74, 6) is 0.149. The number of Topliss-reactive ketones (excluding diaryl/α,β-unsaturated/α-hetero) is 1. The second-order valence-corrected chi connectivity index (χ2v) is 5.36. The van der Waals surface area contributed by atoms with Gasteiger partial charge in [0.05, 0.1) is 11.1 Å². The topological polar surface area (TPSA) is 40.9 Å². The van der Waals surface area contributed by atoms with Crippen LogP contribution in [0.25, 0.3) is 0 Å². The molecule has 0 amide bonds.